The van der Waals surface area contributed by atoms with Crippen molar-refractivity contribution in [2.75, 3.05) is 6.26 Å². The molecule has 158 valence electrons. The van der Waals surface area contributed by atoms with Crippen LogP contribution in [0, 0.1) is 5.92 Å². The van der Waals surface area contributed by atoms with E-state index in [4.69, 9.17) is 0 Å². The third-order valence-corrected chi connectivity index (χ3v) is 4.09. The first-order valence-electron chi connectivity index (χ1n) is 10.2. The summed E-state index contributed by atoms with van der Waals surface area (Å²) in [5.74, 6) is 0.855. The summed E-state index contributed by atoms with van der Waals surface area (Å²) in [5.41, 5.74) is 2.52. The van der Waals surface area contributed by atoms with Gasteiger partial charge in [0.2, 0.25) is 0 Å². The molecule has 27 heavy (non-hydrogen) atoms. The molecular formula is C26H48S. The van der Waals surface area contributed by atoms with Gasteiger partial charge in [0.05, 0.1) is 0 Å². The zero-order valence-electron chi connectivity index (χ0n) is 19.9. The van der Waals surface area contributed by atoms with Gasteiger partial charge in [0.15, 0.2) is 0 Å². The van der Waals surface area contributed by atoms with Crippen LogP contribution in [0.3, 0.4) is 0 Å². The molecule has 1 heteroatoms. The van der Waals surface area contributed by atoms with Gasteiger partial charge in [-0.25, -0.2) is 0 Å². The predicted molar refractivity (Wildman–Crippen MR) is 136 cm³/mol. The number of rotatable bonds is 4. The van der Waals surface area contributed by atoms with Gasteiger partial charge >= 0.3 is 0 Å². The van der Waals surface area contributed by atoms with Crippen LogP contribution < -0.4 is 0 Å². The summed E-state index contributed by atoms with van der Waals surface area (Å²) < 4.78 is 0. The van der Waals surface area contributed by atoms with E-state index in [9.17, 15) is 0 Å². The van der Waals surface area contributed by atoms with E-state index < -0.39 is 0 Å². The normalized spacial score (nSPS) is 14.7. The predicted octanol–water partition coefficient (Wildman–Crippen LogP) is 9.94. The number of hydrogen-bond acceptors (Lipinski definition) is 1. The molecule has 1 unspecified atom stereocenters. The first kappa shape index (κ1) is 33.4. The lowest BCUT2D eigenvalue weighted by molar-refractivity contribution is 0.584. The van der Waals surface area contributed by atoms with Crippen LogP contribution in [0.1, 0.15) is 81.1 Å². The van der Waals surface area contributed by atoms with Crippen molar-refractivity contribution in [3.8, 4) is 0 Å². The highest BCUT2D eigenvalue weighted by Crippen LogP contribution is 2.14. The summed E-state index contributed by atoms with van der Waals surface area (Å²) in [4.78, 5) is 1.17. The average Bonchev–Trinajstić information content (AvgIpc) is 2.69. The average molecular weight is 393 g/mol. The fourth-order valence-corrected chi connectivity index (χ4v) is 1.30. The summed E-state index contributed by atoms with van der Waals surface area (Å²) in [5, 5.41) is 0. The smallest absolute Gasteiger partial charge is 0.0140 e. The molecule has 0 fully saturated rings. The summed E-state index contributed by atoms with van der Waals surface area (Å²) >= 11 is 1.69. The Morgan fingerprint density at radius 3 is 1.85 bits per heavy atom. The van der Waals surface area contributed by atoms with Gasteiger partial charge in [-0.2, -0.15) is 0 Å². The van der Waals surface area contributed by atoms with Gasteiger partial charge in [0.25, 0.3) is 0 Å². The minimum absolute atomic E-state index is 0.855. The zero-order chi connectivity index (χ0) is 22.1. The van der Waals surface area contributed by atoms with E-state index in [2.05, 4.69) is 58.7 Å². The van der Waals surface area contributed by atoms with Crippen LogP contribution in [0.2, 0.25) is 0 Å². The SMILES string of the molecule is C=C(C)CC.C=C(C)SC.C=C/C=C\C(C)=C/C.CC.CC1C=CCCC1. The van der Waals surface area contributed by atoms with Crippen LogP contribution in [-0.4, -0.2) is 6.26 Å². The Morgan fingerprint density at radius 2 is 1.67 bits per heavy atom. The first-order chi connectivity index (χ1) is 12.7. The van der Waals surface area contributed by atoms with Crippen molar-refractivity contribution in [3.63, 3.8) is 0 Å². The van der Waals surface area contributed by atoms with Crippen molar-refractivity contribution in [2.24, 2.45) is 5.92 Å². The molecule has 0 spiro atoms. The van der Waals surface area contributed by atoms with Crippen LogP contribution in [0.5, 0.6) is 0 Å². The molecule has 0 aromatic rings. The molecule has 0 aromatic heterocycles. The van der Waals surface area contributed by atoms with Crippen LogP contribution in [0.25, 0.3) is 0 Å². The molecule has 1 atom stereocenters. The first-order valence-corrected chi connectivity index (χ1v) is 11.4. The summed E-state index contributed by atoms with van der Waals surface area (Å²) in [6, 6.07) is 0. The second-order valence-corrected chi connectivity index (χ2v) is 7.29. The Morgan fingerprint density at radius 1 is 1.19 bits per heavy atom. The lowest BCUT2D eigenvalue weighted by Crippen LogP contribution is -1.92. The molecule has 0 aliphatic heterocycles. The van der Waals surface area contributed by atoms with Crippen LogP contribution >= 0.6 is 11.8 Å². The van der Waals surface area contributed by atoms with Crippen molar-refractivity contribution in [3.05, 3.63) is 72.2 Å². The maximum Gasteiger partial charge on any atom is -0.0140 e. The largest absolute Gasteiger partial charge is 0.135 e. The topological polar surface area (TPSA) is 0 Å². The third kappa shape index (κ3) is 45.7. The van der Waals surface area contributed by atoms with Crippen LogP contribution in [0.15, 0.2) is 72.2 Å². The lowest BCUT2D eigenvalue weighted by atomic mass is 9.98. The monoisotopic (exact) mass is 392 g/mol. The summed E-state index contributed by atoms with van der Waals surface area (Å²) in [6.07, 6.45) is 19.6. The molecule has 0 aromatic carbocycles. The molecule has 0 bridgehead atoms. The molecule has 0 saturated heterocycles. The molecule has 0 heterocycles. The maximum absolute atomic E-state index is 3.67. The summed E-state index contributed by atoms with van der Waals surface area (Å²) in [7, 11) is 0. The minimum Gasteiger partial charge on any atom is -0.135 e. The minimum atomic E-state index is 0.855. The molecule has 1 aliphatic carbocycles. The number of allylic oxidation sites excluding steroid dienone is 9. The maximum atomic E-state index is 3.67. The van der Waals surface area contributed by atoms with Gasteiger partial charge in [0, 0.05) is 0 Å². The number of hydrogen-bond donors (Lipinski definition) is 0. The Balaban J connectivity index is -0.000000129. The van der Waals surface area contributed by atoms with Gasteiger partial charge < -0.3 is 0 Å². The van der Waals surface area contributed by atoms with E-state index >= 15 is 0 Å². The Labute approximate surface area is 177 Å². The van der Waals surface area contributed by atoms with E-state index in [0.29, 0.717) is 0 Å². The Kier molecular flexibility index (Phi) is 36.5. The van der Waals surface area contributed by atoms with Crippen LogP contribution in [-0.2, 0) is 0 Å². The highest BCUT2D eigenvalue weighted by atomic mass is 32.2. The molecule has 0 radical (unpaired) electrons. The van der Waals surface area contributed by atoms with Gasteiger partial charge in [-0.15, -0.1) is 18.3 Å². The highest BCUT2D eigenvalue weighted by molar-refractivity contribution is 8.02. The van der Waals surface area contributed by atoms with Crippen molar-refractivity contribution < 1.29 is 0 Å². The second-order valence-electron chi connectivity index (χ2n) is 6.18. The third-order valence-electron chi connectivity index (χ3n) is 3.40. The van der Waals surface area contributed by atoms with Crippen molar-refractivity contribution >= 4 is 11.8 Å². The molecule has 1 rings (SSSR count). The standard InChI is InChI=1S/C8H12.C7H12.C5H10.C4H8S.C2H6/c1-4-6-7-8(3)5-2;1-7-5-3-2-4-6-7;1-4-5(2)3;1-4(2)5-3;1-2/h4-7H,1H2,2-3H3;3,5,7H,2,4,6H2,1H3;2,4H2,1,3H3;1H2,2-3H3;1-2H3/b7-6-,8-5-;;;;. The molecule has 0 nitrogen and oxygen atoms in total. The lowest BCUT2D eigenvalue weighted by Gasteiger charge is -2.08. The van der Waals surface area contributed by atoms with Gasteiger partial charge in [0.1, 0.15) is 0 Å². The van der Waals surface area contributed by atoms with Crippen molar-refractivity contribution in [2.45, 2.75) is 81.1 Å². The Bertz CT molecular complexity index is 407. The van der Waals surface area contributed by atoms with Gasteiger partial charge in [-0.3, -0.25) is 0 Å². The second kappa shape index (κ2) is 29.5. The molecule has 0 amide bonds. The highest BCUT2D eigenvalue weighted by Gasteiger charge is 1.98. The molecule has 0 N–H and O–H groups in total. The van der Waals surface area contributed by atoms with E-state index in [1.807, 2.05) is 53.0 Å². The van der Waals surface area contributed by atoms with E-state index in [1.54, 1.807) is 17.8 Å². The number of thioether (sulfide) groups is 1. The molecule has 0 saturated carbocycles. The van der Waals surface area contributed by atoms with Crippen LogP contribution in [0.4, 0.5) is 0 Å². The fourth-order valence-electron chi connectivity index (χ4n) is 1.30. The van der Waals surface area contributed by atoms with E-state index in [-0.39, 0.29) is 0 Å². The zero-order valence-corrected chi connectivity index (χ0v) is 20.7. The van der Waals surface area contributed by atoms with E-state index in [0.717, 1.165) is 12.3 Å². The fraction of sp³-hybridized carbons (Fsp3) is 0.538. The molecular weight excluding hydrogens is 344 g/mol. The van der Waals surface area contributed by atoms with Crippen molar-refractivity contribution in [1.82, 2.24) is 0 Å². The van der Waals surface area contributed by atoms with E-state index in [1.165, 1.54) is 35.3 Å². The summed E-state index contributed by atoms with van der Waals surface area (Å²) in [6.45, 7) is 27.3. The van der Waals surface area contributed by atoms with Crippen molar-refractivity contribution in [1.29, 1.82) is 0 Å². The molecule has 1 aliphatic rings. The van der Waals surface area contributed by atoms with Gasteiger partial charge in [-0.05, 0) is 70.5 Å². The quantitative estimate of drug-likeness (QED) is 0.339. The Hall–Kier alpha value is -1.21. The van der Waals surface area contributed by atoms with Gasteiger partial charge in [-0.1, -0.05) is 88.5 Å².